The maximum atomic E-state index is 11.8. The van der Waals surface area contributed by atoms with E-state index in [-0.39, 0.29) is 17.8 Å². The number of pyridine rings is 1. The Bertz CT molecular complexity index is 1050. The standard InChI is InChI=1S/C20H17ClN2O5/c1-28-14-4-2-3-11(7-14)8-17(20(26)27)23-18-15(19(24)25)10-12-9-13(21)5-6-16(12)22-18/h2-7,9-10,17H,8H2,1H3,(H,22,23)(H,24,25)(H,26,27). The van der Waals surface area contributed by atoms with Crippen molar-refractivity contribution in [1.82, 2.24) is 4.98 Å². The number of ether oxygens (including phenoxy) is 1. The number of aliphatic carboxylic acids is 1. The highest BCUT2D eigenvalue weighted by molar-refractivity contribution is 6.31. The van der Waals surface area contributed by atoms with E-state index < -0.39 is 18.0 Å². The van der Waals surface area contributed by atoms with E-state index in [9.17, 15) is 19.8 Å². The summed E-state index contributed by atoms with van der Waals surface area (Å²) in [6.07, 6.45) is 0.117. The number of rotatable bonds is 7. The number of nitrogens with one attached hydrogen (secondary N) is 1. The van der Waals surface area contributed by atoms with Crippen molar-refractivity contribution in [3.8, 4) is 5.75 Å². The van der Waals surface area contributed by atoms with E-state index in [2.05, 4.69) is 10.3 Å². The maximum absolute atomic E-state index is 11.8. The predicted octanol–water partition coefficient (Wildman–Crippen LogP) is 3.70. The molecule has 3 N–H and O–H groups in total. The molecule has 0 spiro atoms. The number of carbonyl (C=O) groups is 2. The SMILES string of the molecule is COc1cccc(CC(Nc2nc3ccc(Cl)cc3cc2C(=O)O)C(=O)O)c1. The van der Waals surface area contributed by atoms with E-state index in [4.69, 9.17) is 16.3 Å². The Morgan fingerprint density at radius 2 is 1.96 bits per heavy atom. The van der Waals surface area contributed by atoms with E-state index in [1.807, 2.05) is 0 Å². The van der Waals surface area contributed by atoms with Gasteiger partial charge in [0.25, 0.3) is 0 Å². The lowest BCUT2D eigenvalue weighted by Crippen LogP contribution is -2.32. The third-order valence-corrected chi connectivity index (χ3v) is 4.43. The number of hydrogen-bond donors (Lipinski definition) is 3. The molecule has 144 valence electrons. The van der Waals surface area contributed by atoms with Gasteiger partial charge in [0.15, 0.2) is 0 Å². The van der Waals surface area contributed by atoms with Gasteiger partial charge in [0.05, 0.1) is 12.6 Å². The number of fused-ring (bicyclic) bond motifs is 1. The Hall–Kier alpha value is -3.32. The van der Waals surface area contributed by atoms with Crippen LogP contribution >= 0.6 is 11.6 Å². The minimum atomic E-state index is -1.22. The highest BCUT2D eigenvalue weighted by Gasteiger charge is 2.22. The van der Waals surface area contributed by atoms with Gasteiger partial charge in [-0.3, -0.25) is 0 Å². The first-order chi connectivity index (χ1) is 13.4. The van der Waals surface area contributed by atoms with Gasteiger partial charge in [-0.25, -0.2) is 14.6 Å². The van der Waals surface area contributed by atoms with E-state index in [0.29, 0.717) is 21.7 Å². The quantitative estimate of drug-likeness (QED) is 0.554. The Labute approximate surface area is 165 Å². The first-order valence-electron chi connectivity index (χ1n) is 8.33. The molecule has 0 radical (unpaired) electrons. The molecule has 0 amide bonds. The summed E-state index contributed by atoms with van der Waals surface area (Å²) in [5, 5.41) is 22.9. The number of aromatic carboxylic acids is 1. The van der Waals surface area contributed by atoms with Gasteiger partial charge in [0.1, 0.15) is 23.2 Å². The zero-order valence-corrected chi connectivity index (χ0v) is 15.6. The Kier molecular flexibility index (Phi) is 5.65. The van der Waals surface area contributed by atoms with Crippen molar-refractivity contribution in [3.63, 3.8) is 0 Å². The fourth-order valence-corrected chi connectivity index (χ4v) is 3.00. The number of aromatic nitrogens is 1. The molecule has 0 fully saturated rings. The van der Waals surface area contributed by atoms with Gasteiger partial charge in [-0.1, -0.05) is 23.7 Å². The highest BCUT2D eigenvalue weighted by Crippen LogP contribution is 2.25. The fraction of sp³-hybridized carbons (Fsp3) is 0.150. The van der Waals surface area contributed by atoms with Crippen LogP contribution in [0, 0.1) is 0 Å². The Morgan fingerprint density at radius 1 is 1.18 bits per heavy atom. The molecule has 1 atom stereocenters. The van der Waals surface area contributed by atoms with Crippen LogP contribution in [-0.2, 0) is 11.2 Å². The van der Waals surface area contributed by atoms with Gasteiger partial charge in [0, 0.05) is 16.8 Å². The number of carboxylic acids is 2. The van der Waals surface area contributed by atoms with Crippen LogP contribution in [0.2, 0.25) is 5.02 Å². The smallest absolute Gasteiger partial charge is 0.339 e. The summed E-state index contributed by atoms with van der Waals surface area (Å²) in [6, 6.07) is 12.2. The highest BCUT2D eigenvalue weighted by atomic mass is 35.5. The average Bonchev–Trinajstić information content (AvgIpc) is 2.67. The summed E-state index contributed by atoms with van der Waals surface area (Å²) in [4.78, 5) is 27.7. The zero-order valence-electron chi connectivity index (χ0n) is 14.8. The lowest BCUT2D eigenvalue weighted by Gasteiger charge is -2.17. The van der Waals surface area contributed by atoms with Crippen LogP contribution in [0.3, 0.4) is 0 Å². The van der Waals surface area contributed by atoms with E-state index in [1.165, 1.54) is 13.2 Å². The number of benzene rings is 2. The largest absolute Gasteiger partial charge is 0.497 e. The number of methoxy groups -OCH3 is 1. The molecular formula is C20H17ClN2O5. The lowest BCUT2D eigenvalue weighted by atomic mass is 10.0. The van der Waals surface area contributed by atoms with Gasteiger partial charge in [-0.05, 0) is 42.0 Å². The van der Waals surface area contributed by atoms with Crippen molar-refractivity contribution in [2.45, 2.75) is 12.5 Å². The van der Waals surface area contributed by atoms with Crippen LogP contribution in [0.5, 0.6) is 5.75 Å². The fourth-order valence-electron chi connectivity index (χ4n) is 2.82. The second-order valence-electron chi connectivity index (χ2n) is 6.12. The number of hydrogen-bond acceptors (Lipinski definition) is 5. The summed E-state index contributed by atoms with van der Waals surface area (Å²) in [7, 11) is 1.52. The Morgan fingerprint density at radius 3 is 2.64 bits per heavy atom. The Balaban J connectivity index is 1.96. The molecule has 3 rings (SSSR count). The van der Waals surface area contributed by atoms with Gasteiger partial charge < -0.3 is 20.3 Å². The second-order valence-corrected chi connectivity index (χ2v) is 6.55. The van der Waals surface area contributed by atoms with Crippen LogP contribution in [0.1, 0.15) is 15.9 Å². The predicted molar refractivity (Wildman–Crippen MR) is 105 cm³/mol. The first kappa shape index (κ1) is 19.4. The molecule has 2 aromatic carbocycles. The monoisotopic (exact) mass is 400 g/mol. The van der Waals surface area contributed by atoms with Gasteiger partial charge >= 0.3 is 11.9 Å². The molecule has 8 heteroatoms. The van der Waals surface area contributed by atoms with Gasteiger partial charge in [-0.2, -0.15) is 0 Å². The van der Waals surface area contributed by atoms with Crippen LogP contribution in [0.4, 0.5) is 5.82 Å². The summed E-state index contributed by atoms with van der Waals surface area (Å²) in [5.74, 6) is -1.76. The van der Waals surface area contributed by atoms with Gasteiger partial charge in [0.2, 0.25) is 0 Å². The average molecular weight is 401 g/mol. The van der Waals surface area contributed by atoms with Crippen molar-refractivity contribution in [3.05, 3.63) is 64.7 Å². The molecular weight excluding hydrogens is 384 g/mol. The zero-order chi connectivity index (χ0) is 20.3. The van der Waals surface area contributed by atoms with Crippen LogP contribution < -0.4 is 10.1 Å². The van der Waals surface area contributed by atoms with E-state index in [1.54, 1.807) is 42.5 Å². The first-order valence-corrected chi connectivity index (χ1v) is 8.71. The lowest BCUT2D eigenvalue weighted by molar-refractivity contribution is -0.137. The molecule has 28 heavy (non-hydrogen) atoms. The van der Waals surface area contributed by atoms with Crippen molar-refractivity contribution in [1.29, 1.82) is 0 Å². The van der Waals surface area contributed by atoms with Crippen molar-refractivity contribution in [2.75, 3.05) is 12.4 Å². The number of nitrogens with zero attached hydrogens (tertiary/aromatic N) is 1. The van der Waals surface area contributed by atoms with Crippen LogP contribution in [0.25, 0.3) is 10.9 Å². The van der Waals surface area contributed by atoms with Crippen molar-refractivity contribution >= 4 is 40.3 Å². The topological polar surface area (TPSA) is 109 Å². The summed E-state index contributed by atoms with van der Waals surface area (Å²) in [5.41, 5.74) is 1.10. The van der Waals surface area contributed by atoms with Crippen molar-refractivity contribution in [2.24, 2.45) is 0 Å². The molecule has 1 unspecified atom stereocenters. The molecule has 7 nitrogen and oxygen atoms in total. The minimum absolute atomic E-state index is 0.0161. The molecule has 0 bridgehead atoms. The number of halogens is 1. The molecule has 0 aliphatic heterocycles. The molecule has 3 aromatic rings. The molecule has 1 aromatic heterocycles. The van der Waals surface area contributed by atoms with Crippen LogP contribution in [-0.4, -0.2) is 40.3 Å². The molecule has 0 aliphatic rings. The van der Waals surface area contributed by atoms with E-state index in [0.717, 1.165) is 5.56 Å². The van der Waals surface area contributed by atoms with Gasteiger partial charge in [-0.15, -0.1) is 0 Å². The summed E-state index contributed by atoms with van der Waals surface area (Å²) >= 11 is 5.95. The summed E-state index contributed by atoms with van der Waals surface area (Å²) in [6.45, 7) is 0. The normalized spacial score (nSPS) is 11.8. The minimum Gasteiger partial charge on any atom is -0.497 e. The number of anilines is 1. The maximum Gasteiger partial charge on any atom is 0.339 e. The van der Waals surface area contributed by atoms with Crippen molar-refractivity contribution < 1.29 is 24.5 Å². The third kappa shape index (κ3) is 4.32. The molecule has 1 heterocycles. The third-order valence-electron chi connectivity index (χ3n) is 4.19. The summed E-state index contributed by atoms with van der Waals surface area (Å²) < 4.78 is 5.15. The molecule has 0 saturated heterocycles. The molecule has 0 saturated carbocycles. The number of carboxylic acid groups (broad SMARTS) is 2. The second kappa shape index (κ2) is 8.14. The van der Waals surface area contributed by atoms with E-state index >= 15 is 0 Å². The van der Waals surface area contributed by atoms with Crippen LogP contribution in [0.15, 0.2) is 48.5 Å². The molecule has 0 aliphatic carbocycles.